The molecule has 2 fully saturated rings. The molecule has 30 heavy (non-hydrogen) atoms. The van der Waals surface area contributed by atoms with Crippen LogP contribution in [0.25, 0.3) is 5.69 Å². The number of carbonyl (C=O) groups is 1. The fourth-order valence-electron chi connectivity index (χ4n) is 4.54. The van der Waals surface area contributed by atoms with Crippen molar-refractivity contribution in [1.82, 2.24) is 24.8 Å². The first kappa shape index (κ1) is 20.9. The van der Waals surface area contributed by atoms with Crippen LogP contribution < -0.4 is 0 Å². The number of benzene rings is 1. The highest BCUT2D eigenvalue weighted by Gasteiger charge is 2.40. The van der Waals surface area contributed by atoms with E-state index >= 15 is 0 Å². The van der Waals surface area contributed by atoms with Crippen molar-refractivity contribution in [3.63, 3.8) is 0 Å². The molecule has 1 aliphatic heterocycles. The topological polar surface area (TPSA) is 83.7 Å². The van der Waals surface area contributed by atoms with Gasteiger partial charge in [0.25, 0.3) is 5.91 Å². The van der Waals surface area contributed by atoms with Crippen LogP contribution in [0.15, 0.2) is 24.3 Å². The molecule has 2 aromatic rings. The number of rotatable bonds is 4. The van der Waals surface area contributed by atoms with Crippen LogP contribution in [0.3, 0.4) is 0 Å². The number of amides is 1. The number of carbonyl (C=O) groups excluding carboxylic acids is 1. The number of ether oxygens (including phenoxy) is 1. The molecule has 162 valence electrons. The van der Waals surface area contributed by atoms with E-state index in [-0.39, 0.29) is 29.5 Å². The van der Waals surface area contributed by atoms with E-state index in [0.29, 0.717) is 24.6 Å². The number of halogens is 1. The van der Waals surface area contributed by atoms with E-state index in [0.717, 1.165) is 32.4 Å². The molecule has 1 aromatic carbocycles. The number of likely N-dealkylation sites (N-methyl/N-ethyl adjacent to an activating group) is 1. The Labute approximate surface area is 175 Å². The van der Waals surface area contributed by atoms with Crippen molar-refractivity contribution < 1.29 is 19.0 Å². The van der Waals surface area contributed by atoms with Crippen molar-refractivity contribution in [3.8, 4) is 5.69 Å². The highest BCUT2D eigenvalue weighted by atomic mass is 19.1. The molecule has 0 unspecified atom stereocenters. The maximum absolute atomic E-state index is 13.2. The molecule has 1 saturated carbocycles. The molecule has 1 N–H and O–H groups in total. The minimum absolute atomic E-state index is 0.0268. The molecule has 9 heteroatoms. The van der Waals surface area contributed by atoms with E-state index in [1.165, 1.54) is 16.8 Å². The van der Waals surface area contributed by atoms with Gasteiger partial charge in [0.2, 0.25) is 0 Å². The van der Waals surface area contributed by atoms with Crippen LogP contribution in [0.5, 0.6) is 0 Å². The number of aromatic nitrogens is 3. The number of aliphatic hydroxyl groups excluding tert-OH is 1. The second-order valence-corrected chi connectivity index (χ2v) is 8.03. The van der Waals surface area contributed by atoms with E-state index in [1.54, 1.807) is 31.0 Å². The molecule has 8 nitrogen and oxygen atoms in total. The Balaban J connectivity index is 1.51. The van der Waals surface area contributed by atoms with Crippen molar-refractivity contribution in [3.05, 3.63) is 41.5 Å². The minimum Gasteiger partial charge on any atom is -0.389 e. The summed E-state index contributed by atoms with van der Waals surface area (Å²) < 4.78 is 20.2. The molecule has 4 rings (SSSR count). The average molecular weight is 417 g/mol. The Morgan fingerprint density at radius 3 is 2.63 bits per heavy atom. The molecule has 2 heterocycles. The molecule has 0 spiro atoms. The Hall–Kier alpha value is -2.36. The summed E-state index contributed by atoms with van der Waals surface area (Å²) in [5, 5.41) is 19.2. The third-order valence-electron chi connectivity index (χ3n) is 6.29. The Kier molecular flexibility index (Phi) is 6.12. The maximum atomic E-state index is 13.2. The summed E-state index contributed by atoms with van der Waals surface area (Å²) >= 11 is 0. The third kappa shape index (κ3) is 3.97. The van der Waals surface area contributed by atoms with Gasteiger partial charge in [0, 0.05) is 26.2 Å². The fraction of sp³-hybridized carbons (Fsp3) is 0.571. The van der Waals surface area contributed by atoms with Crippen LogP contribution in [-0.2, 0) is 4.74 Å². The summed E-state index contributed by atoms with van der Waals surface area (Å²) in [7, 11) is 1.72. The van der Waals surface area contributed by atoms with Crippen molar-refractivity contribution in [2.24, 2.45) is 0 Å². The lowest BCUT2D eigenvalue weighted by molar-refractivity contribution is -0.0614. The van der Waals surface area contributed by atoms with Gasteiger partial charge in [0.05, 0.1) is 36.7 Å². The van der Waals surface area contributed by atoms with Crippen molar-refractivity contribution in [2.45, 2.75) is 44.4 Å². The molecule has 2 aliphatic rings. The zero-order chi connectivity index (χ0) is 21.3. The maximum Gasteiger partial charge on any atom is 0.276 e. The summed E-state index contributed by atoms with van der Waals surface area (Å²) in [6.07, 6.45) is 1.98. The van der Waals surface area contributed by atoms with Gasteiger partial charge in [0.1, 0.15) is 5.82 Å². The van der Waals surface area contributed by atoms with Crippen LogP contribution in [0.1, 0.15) is 35.4 Å². The van der Waals surface area contributed by atoms with E-state index in [4.69, 9.17) is 4.74 Å². The first-order chi connectivity index (χ1) is 14.5. The van der Waals surface area contributed by atoms with Gasteiger partial charge in [-0.25, -0.2) is 9.07 Å². The third-order valence-corrected chi connectivity index (χ3v) is 6.29. The highest BCUT2D eigenvalue weighted by Crippen LogP contribution is 2.28. The Morgan fingerprint density at radius 1 is 1.23 bits per heavy atom. The summed E-state index contributed by atoms with van der Waals surface area (Å²) in [5.41, 5.74) is 1.45. The average Bonchev–Trinajstić information content (AvgIpc) is 3.15. The van der Waals surface area contributed by atoms with Gasteiger partial charge in [-0.3, -0.25) is 9.69 Å². The first-order valence-corrected chi connectivity index (χ1v) is 10.4. The largest absolute Gasteiger partial charge is 0.389 e. The second kappa shape index (κ2) is 8.79. The lowest BCUT2D eigenvalue weighted by Crippen LogP contribution is -2.58. The molecule has 1 saturated heterocycles. The molecule has 1 aromatic heterocycles. The van der Waals surface area contributed by atoms with Crippen LogP contribution >= 0.6 is 0 Å². The molecule has 0 radical (unpaired) electrons. The highest BCUT2D eigenvalue weighted by molar-refractivity contribution is 5.93. The number of nitrogens with zero attached hydrogens (tertiary/aromatic N) is 5. The number of aliphatic hydroxyl groups is 1. The zero-order valence-corrected chi connectivity index (χ0v) is 17.4. The standard InChI is InChI=1S/C21H28FN5O3/c1-14-19(23-24-27(14)16-8-6-15(22)7-9-16)21(29)25(2)17-4-3-5-18(20(17)28)26-10-12-30-13-11-26/h6-9,17-18,20,28H,3-5,10-13H2,1-2H3/t17-,18-,20-/m1/s1. The number of hydrogen-bond donors (Lipinski definition) is 1. The number of morpholine rings is 1. The lowest BCUT2D eigenvalue weighted by atomic mass is 9.86. The smallest absolute Gasteiger partial charge is 0.276 e. The van der Waals surface area contributed by atoms with Crippen LogP contribution in [-0.4, -0.2) is 87.3 Å². The predicted molar refractivity (Wildman–Crippen MR) is 108 cm³/mol. The molecular formula is C21H28FN5O3. The van der Waals surface area contributed by atoms with Crippen molar-refractivity contribution >= 4 is 5.91 Å². The van der Waals surface area contributed by atoms with Crippen molar-refractivity contribution in [1.29, 1.82) is 0 Å². The van der Waals surface area contributed by atoms with Gasteiger partial charge < -0.3 is 14.7 Å². The van der Waals surface area contributed by atoms with E-state index in [9.17, 15) is 14.3 Å². The zero-order valence-electron chi connectivity index (χ0n) is 17.4. The van der Waals surface area contributed by atoms with Gasteiger partial charge in [0.15, 0.2) is 5.69 Å². The van der Waals surface area contributed by atoms with Gasteiger partial charge in [-0.05, 0) is 50.5 Å². The molecular weight excluding hydrogens is 389 g/mol. The first-order valence-electron chi connectivity index (χ1n) is 10.4. The minimum atomic E-state index is -0.627. The SMILES string of the molecule is Cc1c(C(=O)N(C)[C@@H]2CCC[C@@H](N3CCOCC3)[C@@H]2O)nnn1-c1ccc(F)cc1. The van der Waals surface area contributed by atoms with Crippen molar-refractivity contribution in [2.75, 3.05) is 33.4 Å². The van der Waals surface area contributed by atoms with Gasteiger partial charge in [-0.1, -0.05) is 5.21 Å². The normalized spacial score (nSPS) is 25.3. The lowest BCUT2D eigenvalue weighted by Gasteiger charge is -2.45. The van der Waals surface area contributed by atoms with Gasteiger partial charge in [-0.15, -0.1) is 5.10 Å². The Morgan fingerprint density at radius 2 is 1.93 bits per heavy atom. The summed E-state index contributed by atoms with van der Waals surface area (Å²) in [4.78, 5) is 17.1. The molecule has 3 atom stereocenters. The van der Waals surface area contributed by atoms with Crippen LogP contribution in [0.4, 0.5) is 4.39 Å². The number of hydrogen-bond acceptors (Lipinski definition) is 6. The van der Waals surface area contributed by atoms with E-state index < -0.39 is 6.10 Å². The quantitative estimate of drug-likeness (QED) is 0.810. The fourth-order valence-corrected chi connectivity index (χ4v) is 4.54. The summed E-state index contributed by atoms with van der Waals surface area (Å²) in [6, 6.07) is 5.61. The van der Waals surface area contributed by atoms with Gasteiger partial charge in [-0.2, -0.15) is 0 Å². The molecule has 0 bridgehead atoms. The summed E-state index contributed by atoms with van der Waals surface area (Å²) in [6.45, 7) is 4.72. The molecule has 1 amide bonds. The predicted octanol–water partition coefficient (Wildman–Crippen LogP) is 1.40. The Bertz CT molecular complexity index is 881. The van der Waals surface area contributed by atoms with E-state index in [2.05, 4.69) is 15.2 Å². The van der Waals surface area contributed by atoms with E-state index in [1.807, 2.05) is 0 Å². The summed E-state index contributed by atoms with van der Waals surface area (Å²) in [5.74, 6) is -0.610. The van der Waals surface area contributed by atoms with Crippen LogP contribution in [0.2, 0.25) is 0 Å². The second-order valence-electron chi connectivity index (χ2n) is 8.03. The van der Waals surface area contributed by atoms with Crippen LogP contribution in [0, 0.1) is 12.7 Å². The monoisotopic (exact) mass is 417 g/mol. The molecule has 1 aliphatic carbocycles. The van der Waals surface area contributed by atoms with Gasteiger partial charge >= 0.3 is 0 Å².